The van der Waals surface area contributed by atoms with Crippen molar-refractivity contribution in [3.8, 4) is 16.9 Å². The molecule has 0 saturated heterocycles. The molecule has 0 aliphatic heterocycles. The first-order valence-electron chi connectivity index (χ1n) is 7.33. The van der Waals surface area contributed by atoms with Crippen molar-refractivity contribution in [2.24, 2.45) is 0 Å². The van der Waals surface area contributed by atoms with E-state index in [1.807, 2.05) is 28.9 Å². The summed E-state index contributed by atoms with van der Waals surface area (Å²) in [5, 5.41) is 8.23. The lowest BCUT2D eigenvalue weighted by Crippen LogP contribution is -2.10. The highest BCUT2D eigenvalue weighted by molar-refractivity contribution is 5.62. The van der Waals surface area contributed by atoms with E-state index in [4.69, 9.17) is 5.73 Å². The van der Waals surface area contributed by atoms with Gasteiger partial charge in [-0.25, -0.2) is 4.68 Å². The third-order valence-electron chi connectivity index (χ3n) is 3.71. The Morgan fingerprint density at radius 1 is 1.00 bits per heavy atom. The number of rotatable bonds is 2. The molecule has 0 aliphatic rings. The lowest BCUT2D eigenvalue weighted by atomic mass is 9.86. The summed E-state index contributed by atoms with van der Waals surface area (Å²) < 4.78 is 1.81. The molecular formula is C18H20N4. The Balaban J connectivity index is 2.02. The Morgan fingerprint density at radius 2 is 1.73 bits per heavy atom. The van der Waals surface area contributed by atoms with E-state index >= 15 is 0 Å². The van der Waals surface area contributed by atoms with Gasteiger partial charge in [-0.3, -0.25) is 0 Å². The third kappa shape index (κ3) is 2.72. The van der Waals surface area contributed by atoms with Gasteiger partial charge < -0.3 is 5.73 Å². The fraction of sp³-hybridized carbons (Fsp3) is 0.222. The maximum absolute atomic E-state index is 5.86. The number of hydrogen-bond acceptors (Lipinski definition) is 3. The van der Waals surface area contributed by atoms with Crippen LogP contribution in [0.15, 0.2) is 54.7 Å². The molecule has 0 unspecified atom stereocenters. The predicted octanol–water partition coefficient (Wildman–Crippen LogP) is 3.81. The first-order valence-corrected chi connectivity index (χ1v) is 7.33. The molecule has 0 atom stereocenters. The van der Waals surface area contributed by atoms with Crippen LogP contribution in [0.3, 0.4) is 0 Å². The van der Waals surface area contributed by atoms with Gasteiger partial charge in [-0.15, -0.1) is 5.10 Å². The third-order valence-corrected chi connectivity index (χ3v) is 3.71. The number of anilines is 1. The van der Waals surface area contributed by atoms with Crippen LogP contribution < -0.4 is 5.73 Å². The molecule has 22 heavy (non-hydrogen) atoms. The molecule has 0 fully saturated rings. The van der Waals surface area contributed by atoms with Crippen molar-refractivity contribution in [3.05, 3.63) is 60.3 Å². The number of benzene rings is 2. The summed E-state index contributed by atoms with van der Waals surface area (Å²) in [6, 6.07) is 16.2. The van der Waals surface area contributed by atoms with E-state index < -0.39 is 0 Å². The van der Waals surface area contributed by atoms with Crippen molar-refractivity contribution in [1.82, 2.24) is 15.0 Å². The Kier molecular flexibility index (Phi) is 3.45. The zero-order valence-corrected chi connectivity index (χ0v) is 13.1. The largest absolute Gasteiger partial charge is 0.399 e. The van der Waals surface area contributed by atoms with Crippen LogP contribution in [0.5, 0.6) is 0 Å². The molecule has 2 aromatic carbocycles. The summed E-state index contributed by atoms with van der Waals surface area (Å²) in [7, 11) is 0. The minimum absolute atomic E-state index is 0.144. The molecule has 112 valence electrons. The van der Waals surface area contributed by atoms with Crippen molar-refractivity contribution in [2.75, 3.05) is 5.73 Å². The second kappa shape index (κ2) is 5.30. The highest BCUT2D eigenvalue weighted by atomic mass is 15.4. The van der Waals surface area contributed by atoms with Gasteiger partial charge in [0.2, 0.25) is 0 Å². The van der Waals surface area contributed by atoms with E-state index in [9.17, 15) is 0 Å². The Labute approximate surface area is 130 Å². The van der Waals surface area contributed by atoms with Crippen molar-refractivity contribution in [1.29, 1.82) is 0 Å². The first kappa shape index (κ1) is 14.3. The monoisotopic (exact) mass is 292 g/mol. The van der Waals surface area contributed by atoms with Crippen molar-refractivity contribution < 1.29 is 0 Å². The fourth-order valence-corrected chi connectivity index (χ4v) is 2.42. The van der Waals surface area contributed by atoms with Gasteiger partial charge in [0, 0.05) is 11.3 Å². The summed E-state index contributed by atoms with van der Waals surface area (Å²) in [4.78, 5) is 0. The molecule has 4 heteroatoms. The van der Waals surface area contributed by atoms with Gasteiger partial charge in [0.15, 0.2) is 0 Å². The van der Waals surface area contributed by atoms with E-state index in [0.717, 1.165) is 16.9 Å². The van der Waals surface area contributed by atoms with Crippen LogP contribution in [0.1, 0.15) is 26.3 Å². The van der Waals surface area contributed by atoms with Gasteiger partial charge in [-0.05, 0) is 29.2 Å². The number of nitrogens with zero attached hydrogens (tertiary/aromatic N) is 3. The summed E-state index contributed by atoms with van der Waals surface area (Å²) in [6.45, 7) is 6.63. The van der Waals surface area contributed by atoms with Gasteiger partial charge in [0.25, 0.3) is 0 Å². The van der Waals surface area contributed by atoms with E-state index in [0.29, 0.717) is 5.69 Å². The lowest BCUT2D eigenvalue weighted by molar-refractivity contribution is 0.590. The summed E-state index contributed by atoms with van der Waals surface area (Å²) in [5.74, 6) is 0. The van der Waals surface area contributed by atoms with Crippen molar-refractivity contribution >= 4 is 5.69 Å². The Morgan fingerprint density at radius 3 is 2.36 bits per heavy atom. The first-order chi connectivity index (χ1) is 10.4. The fourth-order valence-electron chi connectivity index (χ4n) is 2.42. The molecule has 0 amide bonds. The number of aromatic nitrogens is 3. The van der Waals surface area contributed by atoms with Gasteiger partial charge in [0.1, 0.15) is 0 Å². The molecule has 1 heterocycles. The minimum Gasteiger partial charge on any atom is -0.399 e. The molecule has 4 nitrogen and oxygen atoms in total. The molecule has 3 rings (SSSR count). The average Bonchev–Trinajstić information content (AvgIpc) is 2.96. The zero-order valence-electron chi connectivity index (χ0n) is 13.1. The smallest absolute Gasteiger partial charge is 0.0944 e. The standard InChI is InChI=1S/C18H20N4/c1-18(2,3)14-9-7-13(8-10-14)17-12-20-21-22(17)16-6-4-5-15(19)11-16/h4-12H,19H2,1-3H3. The maximum Gasteiger partial charge on any atom is 0.0944 e. The topological polar surface area (TPSA) is 56.7 Å². The summed E-state index contributed by atoms with van der Waals surface area (Å²) in [5.41, 5.74) is 11.0. The quantitative estimate of drug-likeness (QED) is 0.731. The van der Waals surface area contributed by atoms with Gasteiger partial charge in [-0.2, -0.15) is 0 Å². The molecule has 0 radical (unpaired) electrons. The molecule has 2 N–H and O–H groups in total. The van der Waals surface area contributed by atoms with E-state index in [2.05, 4.69) is 55.3 Å². The average molecular weight is 292 g/mol. The zero-order chi connectivity index (χ0) is 15.7. The SMILES string of the molecule is CC(C)(C)c1ccc(-c2cnnn2-c2cccc(N)c2)cc1. The number of nitrogen functional groups attached to an aromatic ring is 1. The van der Waals surface area contributed by atoms with Crippen LogP contribution in [0.4, 0.5) is 5.69 Å². The van der Waals surface area contributed by atoms with E-state index in [1.165, 1.54) is 5.56 Å². The highest BCUT2D eigenvalue weighted by Crippen LogP contribution is 2.27. The molecule has 3 aromatic rings. The number of hydrogen-bond donors (Lipinski definition) is 1. The van der Waals surface area contributed by atoms with Gasteiger partial charge in [0.05, 0.1) is 17.6 Å². The van der Waals surface area contributed by atoms with Crippen LogP contribution in [0.25, 0.3) is 16.9 Å². The van der Waals surface area contributed by atoms with Crippen LogP contribution >= 0.6 is 0 Å². The normalized spacial score (nSPS) is 11.6. The summed E-state index contributed by atoms with van der Waals surface area (Å²) >= 11 is 0. The van der Waals surface area contributed by atoms with Crippen LogP contribution in [-0.2, 0) is 5.41 Å². The van der Waals surface area contributed by atoms with Crippen molar-refractivity contribution in [3.63, 3.8) is 0 Å². The van der Waals surface area contributed by atoms with Gasteiger partial charge >= 0.3 is 0 Å². The van der Waals surface area contributed by atoms with Crippen LogP contribution in [0, 0.1) is 0 Å². The maximum atomic E-state index is 5.86. The predicted molar refractivity (Wildman–Crippen MR) is 89.9 cm³/mol. The lowest BCUT2D eigenvalue weighted by Gasteiger charge is -2.19. The second-order valence-electron chi connectivity index (χ2n) is 6.45. The molecule has 0 saturated carbocycles. The van der Waals surface area contributed by atoms with E-state index in [-0.39, 0.29) is 5.41 Å². The Bertz CT molecular complexity index is 779. The van der Waals surface area contributed by atoms with Crippen molar-refractivity contribution in [2.45, 2.75) is 26.2 Å². The molecule has 1 aromatic heterocycles. The highest BCUT2D eigenvalue weighted by Gasteiger charge is 2.14. The molecular weight excluding hydrogens is 272 g/mol. The van der Waals surface area contributed by atoms with Gasteiger partial charge in [-0.1, -0.05) is 56.3 Å². The minimum atomic E-state index is 0.144. The summed E-state index contributed by atoms with van der Waals surface area (Å²) in [6.07, 6.45) is 1.77. The molecule has 0 bridgehead atoms. The van der Waals surface area contributed by atoms with E-state index in [1.54, 1.807) is 6.20 Å². The molecule has 0 spiro atoms. The van der Waals surface area contributed by atoms with Crippen LogP contribution in [-0.4, -0.2) is 15.0 Å². The number of nitrogens with two attached hydrogens (primary N) is 1. The molecule has 0 aliphatic carbocycles. The Hall–Kier alpha value is -2.62. The second-order valence-corrected chi connectivity index (χ2v) is 6.45. The van der Waals surface area contributed by atoms with Crippen LogP contribution in [0.2, 0.25) is 0 Å².